The number of para-hydroxylation sites is 1. The second kappa shape index (κ2) is 7.57. The van der Waals surface area contributed by atoms with E-state index >= 15 is 0 Å². The van der Waals surface area contributed by atoms with Crippen molar-refractivity contribution in [3.05, 3.63) is 24.3 Å². The molecule has 0 heterocycles. The molecule has 0 bridgehead atoms. The Morgan fingerprint density at radius 2 is 1.65 bits per heavy atom. The summed E-state index contributed by atoms with van der Waals surface area (Å²) in [5.41, 5.74) is 0.264. The molecule has 0 amide bonds. The molecule has 3 nitrogen and oxygen atoms in total. The van der Waals surface area contributed by atoms with E-state index in [0.717, 1.165) is 25.7 Å². The van der Waals surface area contributed by atoms with Crippen LogP contribution in [0.1, 0.15) is 39.5 Å². The van der Waals surface area contributed by atoms with Gasteiger partial charge in [-0.3, -0.25) is 0 Å². The van der Waals surface area contributed by atoms with E-state index in [1.165, 1.54) is 18.2 Å². The molecule has 1 aromatic carbocycles. The lowest BCUT2D eigenvalue weighted by molar-refractivity contribution is 0.235. The number of halogens is 2. The third-order valence-corrected chi connectivity index (χ3v) is 4.50. The van der Waals surface area contributed by atoms with Crippen molar-refractivity contribution in [3.63, 3.8) is 0 Å². The van der Waals surface area contributed by atoms with E-state index < -0.39 is 15.6 Å². The molecular weight excluding hydrogens is 284 g/mol. The molecule has 0 radical (unpaired) electrons. The van der Waals surface area contributed by atoms with E-state index in [2.05, 4.69) is 5.32 Å². The van der Waals surface area contributed by atoms with Crippen LogP contribution in [0, 0.1) is 0 Å². The van der Waals surface area contributed by atoms with Gasteiger partial charge in [0.1, 0.15) is 0 Å². The fourth-order valence-electron chi connectivity index (χ4n) is 2.14. The fourth-order valence-corrected chi connectivity index (χ4v) is 3.03. The van der Waals surface area contributed by atoms with Crippen molar-refractivity contribution >= 4 is 15.5 Å². The summed E-state index contributed by atoms with van der Waals surface area (Å²) >= 11 is 0. The minimum absolute atomic E-state index is 0.0963. The molecule has 0 atom stereocenters. The lowest BCUT2D eigenvalue weighted by Crippen LogP contribution is -2.21. The van der Waals surface area contributed by atoms with Gasteiger partial charge in [-0.05, 0) is 25.0 Å². The summed E-state index contributed by atoms with van der Waals surface area (Å²) in [5, 5.41) is 3.10. The topological polar surface area (TPSA) is 46.2 Å². The maximum Gasteiger partial charge on any atom is 0.341 e. The van der Waals surface area contributed by atoms with Gasteiger partial charge in [0.2, 0.25) is 9.84 Å². The number of anilines is 1. The molecule has 0 aliphatic rings. The molecule has 6 heteroatoms. The van der Waals surface area contributed by atoms with Crippen molar-refractivity contribution in [2.24, 2.45) is 0 Å². The van der Waals surface area contributed by atoms with E-state index in [9.17, 15) is 17.2 Å². The van der Waals surface area contributed by atoms with Crippen LogP contribution in [0.5, 0.6) is 0 Å². The molecule has 0 aliphatic heterocycles. The highest BCUT2D eigenvalue weighted by molar-refractivity contribution is 7.91. The van der Waals surface area contributed by atoms with Crippen molar-refractivity contribution in [3.8, 4) is 0 Å². The maximum absolute atomic E-state index is 12.7. The lowest BCUT2D eigenvalue weighted by atomic mass is 10.1. The van der Waals surface area contributed by atoms with Crippen LogP contribution >= 0.6 is 0 Å². The first-order valence-corrected chi connectivity index (χ1v) is 8.35. The Morgan fingerprint density at radius 3 is 2.15 bits per heavy atom. The zero-order valence-electron chi connectivity index (χ0n) is 11.8. The van der Waals surface area contributed by atoms with Crippen molar-refractivity contribution in [1.29, 1.82) is 0 Å². The van der Waals surface area contributed by atoms with Gasteiger partial charge in [-0.15, -0.1) is 0 Å². The van der Waals surface area contributed by atoms with Gasteiger partial charge < -0.3 is 5.32 Å². The molecule has 20 heavy (non-hydrogen) atoms. The Kier molecular flexibility index (Phi) is 6.39. The summed E-state index contributed by atoms with van der Waals surface area (Å²) in [6.45, 7) is 4.07. The van der Waals surface area contributed by atoms with Gasteiger partial charge in [-0.1, -0.05) is 38.8 Å². The van der Waals surface area contributed by atoms with Gasteiger partial charge in [0.25, 0.3) is 0 Å². The van der Waals surface area contributed by atoms with Crippen LogP contribution in [0.2, 0.25) is 0 Å². The van der Waals surface area contributed by atoms with E-state index in [0.29, 0.717) is 0 Å². The van der Waals surface area contributed by atoms with Gasteiger partial charge in [0.05, 0.1) is 10.6 Å². The molecule has 0 saturated heterocycles. The van der Waals surface area contributed by atoms with Crippen molar-refractivity contribution in [1.82, 2.24) is 0 Å². The van der Waals surface area contributed by atoms with Gasteiger partial charge in [0, 0.05) is 6.04 Å². The first kappa shape index (κ1) is 16.9. The standard InChI is InChI=1S/C14H21F2NO2S/c1-3-7-11(8-4-2)17-12-9-5-6-10-13(12)20(18,19)14(15)16/h5-6,9-11,14,17H,3-4,7-8H2,1-2H3. The molecule has 0 saturated carbocycles. The SMILES string of the molecule is CCCC(CCC)Nc1ccccc1S(=O)(=O)C(F)F. The number of hydrogen-bond acceptors (Lipinski definition) is 3. The maximum atomic E-state index is 12.7. The van der Waals surface area contributed by atoms with Crippen LogP contribution < -0.4 is 5.32 Å². The average molecular weight is 305 g/mol. The third-order valence-electron chi connectivity index (χ3n) is 3.06. The fraction of sp³-hybridized carbons (Fsp3) is 0.571. The Balaban J connectivity index is 3.07. The smallest absolute Gasteiger partial charge is 0.341 e. The normalized spacial score (nSPS) is 12.1. The van der Waals surface area contributed by atoms with E-state index in [1.807, 2.05) is 13.8 Å². The largest absolute Gasteiger partial charge is 0.381 e. The van der Waals surface area contributed by atoms with Crippen LogP contribution in [-0.4, -0.2) is 20.2 Å². The van der Waals surface area contributed by atoms with Crippen molar-refractivity contribution < 1.29 is 17.2 Å². The molecule has 0 aliphatic carbocycles. The number of hydrogen-bond donors (Lipinski definition) is 1. The highest BCUT2D eigenvalue weighted by Crippen LogP contribution is 2.27. The minimum Gasteiger partial charge on any atom is -0.381 e. The first-order valence-electron chi connectivity index (χ1n) is 6.81. The van der Waals surface area contributed by atoms with Crippen LogP contribution in [0.4, 0.5) is 14.5 Å². The lowest BCUT2D eigenvalue weighted by Gasteiger charge is -2.20. The van der Waals surface area contributed by atoms with Crippen LogP contribution in [0.3, 0.4) is 0 Å². The molecule has 114 valence electrons. The second-order valence-corrected chi connectivity index (χ2v) is 6.61. The molecule has 1 aromatic rings. The average Bonchev–Trinajstić information content (AvgIpc) is 2.39. The predicted octanol–water partition coefficient (Wildman–Crippen LogP) is 4.06. The summed E-state index contributed by atoms with van der Waals surface area (Å²) in [6.07, 6.45) is 3.64. The molecule has 0 unspecified atom stereocenters. The molecule has 1 N–H and O–H groups in total. The monoisotopic (exact) mass is 305 g/mol. The number of nitrogens with one attached hydrogen (secondary N) is 1. The van der Waals surface area contributed by atoms with Gasteiger partial charge in [-0.2, -0.15) is 8.78 Å². The molecule has 0 spiro atoms. The van der Waals surface area contributed by atoms with Crippen molar-refractivity contribution in [2.45, 2.75) is 56.2 Å². The Morgan fingerprint density at radius 1 is 1.10 bits per heavy atom. The number of rotatable bonds is 8. The highest BCUT2D eigenvalue weighted by Gasteiger charge is 2.29. The summed E-state index contributed by atoms with van der Waals surface area (Å²) in [6, 6.07) is 5.95. The van der Waals surface area contributed by atoms with E-state index in [4.69, 9.17) is 0 Å². The minimum atomic E-state index is -4.58. The van der Waals surface area contributed by atoms with Gasteiger partial charge in [-0.25, -0.2) is 8.42 Å². The van der Waals surface area contributed by atoms with Gasteiger partial charge in [0.15, 0.2) is 0 Å². The van der Waals surface area contributed by atoms with Gasteiger partial charge >= 0.3 is 5.76 Å². The number of alkyl halides is 2. The molecular formula is C14H21F2NO2S. The predicted molar refractivity (Wildman–Crippen MR) is 76.9 cm³/mol. The Bertz CT molecular complexity index is 512. The summed E-state index contributed by atoms with van der Waals surface area (Å²) in [4.78, 5) is -0.327. The molecule has 1 rings (SSSR count). The third kappa shape index (κ3) is 4.16. The van der Waals surface area contributed by atoms with Crippen LogP contribution in [-0.2, 0) is 9.84 Å². The highest BCUT2D eigenvalue weighted by atomic mass is 32.2. The van der Waals surface area contributed by atoms with Crippen molar-refractivity contribution in [2.75, 3.05) is 5.32 Å². The zero-order chi connectivity index (χ0) is 15.2. The Labute approximate surface area is 119 Å². The number of benzene rings is 1. The van der Waals surface area contributed by atoms with E-state index in [1.54, 1.807) is 6.07 Å². The van der Waals surface area contributed by atoms with Crippen LogP contribution in [0.15, 0.2) is 29.2 Å². The summed E-state index contributed by atoms with van der Waals surface area (Å²) in [5.74, 6) is -3.40. The second-order valence-electron chi connectivity index (χ2n) is 4.72. The van der Waals surface area contributed by atoms with Crippen LogP contribution in [0.25, 0.3) is 0 Å². The first-order chi connectivity index (χ1) is 9.43. The zero-order valence-corrected chi connectivity index (χ0v) is 12.6. The van der Waals surface area contributed by atoms with E-state index in [-0.39, 0.29) is 16.6 Å². The number of sulfone groups is 1. The summed E-state index contributed by atoms with van der Waals surface area (Å²) in [7, 11) is -4.58. The molecule has 0 aromatic heterocycles. The Hall–Kier alpha value is -1.17. The quantitative estimate of drug-likeness (QED) is 0.787. The molecule has 0 fully saturated rings. The summed E-state index contributed by atoms with van der Waals surface area (Å²) < 4.78 is 48.7.